The molecule has 0 saturated heterocycles. The first kappa shape index (κ1) is 21.1. The van der Waals surface area contributed by atoms with Crippen molar-refractivity contribution in [1.29, 1.82) is 0 Å². The quantitative estimate of drug-likeness (QED) is 0.321. The summed E-state index contributed by atoms with van der Waals surface area (Å²) in [6, 6.07) is 23.6. The van der Waals surface area contributed by atoms with Gasteiger partial charge in [0.15, 0.2) is 0 Å². The lowest BCUT2D eigenvalue weighted by Crippen LogP contribution is -2.24. The van der Waals surface area contributed by atoms with Gasteiger partial charge in [-0.2, -0.15) is 5.10 Å². The molecule has 7 heteroatoms. The van der Waals surface area contributed by atoms with Gasteiger partial charge in [0.05, 0.1) is 6.21 Å². The Morgan fingerprint density at radius 3 is 2.40 bits per heavy atom. The molecule has 0 heterocycles. The molecular formula is C23H20ClN3O3. The van der Waals surface area contributed by atoms with E-state index < -0.39 is 11.8 Å². The standard InChI is InChI=1S/C23H20ClN3O3/c24-20-12-6-4-9-18(20)16-30-21-13-7-5-8-17(21)15-25-27-23(29)14-22(28)26-19-10-2-1-3-11-19/h1-13,15H,14,16H2,(H,26,28)(H,27,29). The van der Waals surface area contributed by atoms with Crippen LogP contribution in [0.5, 0.6) is 5.75 Å². The van der Waals surface area contributed by atoms with Crippen molar-refractivity contribution in [3.05, 3.63) is 95.0 Å². The van der Waals surface area contributed by atoms with E-state index in [0.29, 0.717) is 28.6 Å². The Balaban J connectivity index is 1.52. The van der Waals surface area contributed by atoms with Crippen LogP contribution in [0.2, 0.25) is 5.02 Å². The molecule has 3 aromatic carbocycles. The van der Waals surface area contributed by atoms with Crippen LogP contribution in [0.15, 0.2) is 84.0 Å². The second-order valence-corrected chi connectivity index (χ2v) is 6.71. The van der Waals surface area contributed by atoms with Crippen LogP contribution in [0.25, 0.3) is 0 Å². The summed E-state index contributed by atoms with van der Waals surface area (Å²) < 4.78 is 5.84. The van der Waals surface area contributed by atoms with Crippen LogP contribution < -0.4 is 15.5 Å². The van der Waals surface area contributed by atoms with Crippen LogP contribution in [0.1, 0.15) is 17.5 Å². The Labute approximate surface area is 179 Å². The van der Waals surface area contributed by atoms with E-state index in [0.717, 1.165) is 5.56 Å². The number of hydrogen-bond donors (Lipinski definition) is 2. The first-order chi connectivity index (χ1) is 14.6. The summed E-state index contributed by atoms with van der Waals surface area (Å²) in [7, 11) is 0. The smallest absolute Gasteiger partial charge is 0.249 e. The van der Waals surface area contributed by atoms with E-state index >= 15 is 0 Å². The third-order valence-corrected chi connectivity index (χ3v) is 4.40. The number of para-hydroxylation sites is 2. The highest BCUT2D eigenvalue weighted by Crippen LogP contribution is 2.20. The average molecular weight is 422 g/mol. The molecule has 0 aliphatic heterocycles. The lowest BCUT2D eigenvalue weighted by Gasteiger charge is -2.10. The Kier molecular flexibility index (Phi) is 7.58. The molecule has 0 aliphatic rings. The van der Waals surface area contributed by atoms with E-state index in [-0.39, 0.29) is 6.42 Å². The van der Waals surface area contributed by atoms with Gasteiger partial charge in [0.2, 0.25) is 11.8 Å². The van der Waals surface area contributed by atoms with Gasteiger partial charge in [0.25, 0.3) is 0 Å². The molecule has 0 bridgehead atoms. The summed E-state index contributed by atoms with van der Waals surface area (Å²) in [6.07, 6.45) is 1.13. The number of benzene rings is 3. The van der Waals surface area contributed by atoms with Crippen molar-refractivity contribution in [1.82, 2.24) is 5.43 Å². The van der Waals surface area contributed by atoms with Crippen LogP contribution in [-0.2, 0) is 16.2 Å². The highest BCUT2D eigenvalue weighted by Gasteiger charge is 2.09. The zero-order valence-corrected chi connectivity index (χ0v) is 16.8. The van der Waals surface area contributed by atoms with Crippen LogP contribution in [0.4, 0.5) is 5.69 Å². The van der Waals surface area contributed by atoms with Gasteiger partial charge in [0.1, 0.15) is 18.8 Å². The maximum Gasteiger partial charge on any atom is 0.249 e. The molecule has 0 aliphatic carbocycles. The fraction of sp³-hybridized carbons (Fsp3) is 0.0870. The lowest BCUT2D eigenvalue weighted by molar-refractivity contribution is -0.126. The van der Waals surface area contributed by atoms with Crippen molar-refractivity contribution in [2.75, 3.05) is 5.32 Å². The van der Waals surface area contributed by atoms with Gasteiger partial charge in [-0.05, 0) is 30.3 Å². The topological polar surface area (TPSA) is 79.8 Å². The molecule has 6 nitrogen and oxygen atoms in total. The predicted octanol–water partition coefficient (Wildman–Crippen LogP) is 4.40. The molecule has 2 N–H and O–H groups in total. The number of carbonyl (C=O) groups excluding carboxylic acids is 2. The second-order valence-electron chi connectivity index (χ2n) is 6.30. The summed E-state index contributed by atoms with van der Waals surface area (Å²) in [5, 5.41) is 7.20. The number of nitrogens with one attached hydrogen (secondary N) is 2. The van der Waals surface area contributed by atoms with Crippen molar-refractivity contribution >= 4 is 35.3 Å². The number of hydrazone groups is 1. The minimum Gasteiger partial charge on any atom is -0.488 e. The number of ether oxygens (including phenoxy) is 1. The van der Waals surface area contributed by atoms with E-state index in [1.807, 2.05) is 36.4 Å². The molecule has 0 aromatic heterocycles. The lowest BCUT2D eigenvalue weighted by atomic mass is 10.2. The first-order valence-corrected chi connectivity index (χ1v) is 9.61. The molecule has 3 rings (SSSR count). The number of hydrogen-bond acceptors (Lipinski definition) is 4. The van der Waals surface area contributed by atoms with Gasteiger partial charge >= 0.3 is 0 Å². The van der Waals surface area contributed by atoms with Crippen LogP contribution in [-0.4, -0.2) is 18.0 Å². The highest BCUT2D eigenvalue weighted by atomic mass is 35.5. The molecule has 0 fully saturated rings. The summed E-state index contributed by atoms with van der Waals surface area (Å²) in [4.78, 5) is 23.8. The normalized spacial score (nSPS) is 10.6. The average Bonchev–Trinajstić information content (AvgIpc) is 2.74. The molecule has 152 valence electrons. The van der Waals surface area contributed by atoms with Gasteiger partial charge in [-0.1, -0.05) is 60.1 Å². The minimum absolute atomic E-state index is 0.302. The summed E-state index contributed by atoms with van der Waals surface area (Å²) in [5.74, 6) is -0.344. The number of halogens is 1. The van der Waals surface area contributed by atoms with Gasteiger partial charge in [-0.15, -0.1) is 0 Å². The van der Waals surface area contributed by atoms with Crippen molar-refractivity contribution in [3.63, 3.8) is 0 Å². The van der Waals surface area contributed by atoms with Crippen molar-refractivity contribution in [2.45, 2.75) is 13.0 Å². The molecule has 0 saturated carbocycles. The van der Waals surface area contributed by atoms with E-state index in [2.05, 4.69) is 15.8 Å². The number of rotatable bonds is 8. The first-order valence-electron chi connectivity index (χ1n) is 9.24. The Hall–Kier alpha value is -3.64. The SMILES string of the molecule is O=C(CC(=O)Nc1ccccc1)NN=Cc1ccccc1OCc1ccccc1Cl. The number of anilines is 1. The second kappa shape index (κ2) is 10.8. The number of amides is 2. The van der Waals surface area contributed by atoms with Gasteiger partial charge in [0, 0.05) is 21.8 Å². The Morgan fingerprint density at radius 2 is 1.60 bits per heavy atom. The number of carbonyl (C=O) groups is 2. The number of nitrogens with zero attached hydrogens (tertiary/aromatic N) is 1. The fourth-order valence-electron chi connectivity index (χ4n) is 2.58. The van der Waals surface area contributed by atoms with Crippen molar-refractivity contribution < 1.29 is 14.3 Å². The monoisotopic (exact) mass is 421 g/mol. The maximum absolute atomic E-state index is 11.9. The van der Waals surface area contributed by atoms with E-state index in [4.69, 9.17) is 16.3 Å². The van der Waals surface area contributed by atoms with Gasteiger partial charge < -0.3 is 10.1 Å². The Bertz CT molecular complexity index is 1040. The van der Waals surface area contributed by atoms with E-state index in [9.17, 15) is 9.59 Å². The minimum atomic E-state index is -0.519. The zero-order chi connectivity index (χ0) is 21.2. The summed E-state index contributed by atoms with van der Waals surface area (Å²) >= 11 is 6.15. The molecule has 0 spiro atoms. The third kappa shape index (κ3) is 6.46. The molecule has 0 unspecified atom stereocenters. The van der Waals surface area contributed by atoms with E-state index in [1.54, 1.807) is 42.5 Å². The zero-order valence-electron chi connectivity index (χ0n) is 16.0. The molecular weight excluding hydrogens is 402 g/mol. The van der Waals surface area contributed by atoms with Crippen molar-refractivity contribution in [3.8, 4) is 5.75 Å². The summed E-state index contributed by atoms with van der Waals surface area (Å²) in [5.41, 5.74) is 4.52. The fourth-order valence-corrected chi connectivity index (χ4v) is 2.77. The van der Waals surface area contributed by atoms with E-state index in [1.165, 1.54) is 6.21 Å². The molecule has 0 atom stereocenters. The maximum atomic E-state index is 11.9. The molecule has 3 aromatic rings. The predicted molar refractivity (Wildman–Crippen MR) is 118 cm³/mol. The molecule has 2 amide bonds. The summed E-state index contributed by atoms with van der Waals surface area (Å²) in [6.45, 7) is 0.302. The largest absolute Gasteiger partial charge is 0.488 e. The van der Waals surface area contributed by atoms with Crippen LogP contribution >= 0.6 is 11.6 Å². The Morgan fingerprint density at radius 1 is 0.900 bits per heavy atom. The van der Waals surface area contributed by atoms with Crippen LogP contribution in [0, 0.1) is 0 Å². The van der Waals surface area contributed by atoms with Gasteiger partial charge in [-0.25, -0.2) is 5.43 Å². The van der Waals surface area contributed by atoms with Gasteiger partial charge in [-0.3, -0.25) is 9.59 Å². The highest BCUT2D eigenvalue weighted by molar-refractivity contribution is 6.31. The van der Waals surface area contributed by atoms with Crippen LogP contribution in [0.3, 0.4) is 0 Å². The molecule has 0 radical (unpaired) electrons. The third-order valence-electron chi connectivity index (χ3n) is 4.03. The molecule has 30 heavy (non-hydrogen) atoms. The van der Waals surface area contributed by atoms with Crippen molar-refractivity contribution in [2.24, 2.45) is 5.10 Å².